The van der Waals surface area contributed by atoms with E-state index < -0.39 is 5.60 Å². The largest absolute Gasteiger partial charge is 0.389 e. The fraction of sp³-hybridized carbons (Fsp3) is 1.00. The van der Waals surface area contributed by atoms with Gasteiger partial charge >= 0.3 is 0 Å². The molecule has 0 aromatic heterocycles. The number of hydrogen-bond acceptors (Lipinski definition) is 3. The standard InChI is InChI=1S/C13H25NO2/c15-13(7-3-1-2-4-8-13)11-14-10-12-6-5-9-16-12/h12,14-15H,1-11H2. The summed E-state index contributed by atoms with van der Waals surface area (Å²) in [5.74, 6) is 0. The Hall–Kier alpha value is -0.120. The zero-order chi connectivity index (χ0) is 11.3. The fourth-order valence-electron chi connectivity index (χ4n) is 2.83. The van der Waals surface area contributed by atoms with Gasteiger partial charge in [-0.05, 0) is 25.7 Å². The highest BCUT2D eigenvalue weighted by atomic mass is 16.5. The van der Waals surface area contributed by atoms with Crippen LogP contribution in [0.2, 0.25) is 0 Å². The molecule has 0 amide bonds. The molecule has 3 heteroatoms. The van der Waals surface area contributed by atoms with Gasteiger partial charge in [-0.2, -0.15) is 0 Å². The third kappa shape index (κ3) is 3.72. The van der Waals surface area contributed by atoms with E-state index in [0.717, 1.165) is 32.5 Å². The molecule has 1 heterocycles. The van der Waals surface area contributed by atoms with E-state index >= 15 is 0 Å². The molecule has 0 aromatic carbocycles. The first-order valence-electron chi connectivity index (χ1n) is 6.83. The second kappa shape index (κ2) is 5.99. The number of nitrogens with one attached hydrogen (secondary N) is 1. The van der Waals surface area contributed by atoms with E-state index in [9.17, 15) is 5.11 Å². The summed E-state index contributed by atoms with van der Waals surface area (Å²) in [6.07, 6.45) is 9.60. The van der Waals surface area contributed by atoms with Crippen molar-refractivity contribution in [1.82, 2.24) is 5.32 Å². The first kappa shape index (κ1) is 12.3. The Morgan fingerprint density at radius 1 is 1.12 bits per heavy atom. The average Bonchev–Trinajstić information content (AvgIpc) is 2.68. The number of ether oxygens (including phenoxy) is 1. The monoisotopic (exact) mass is 227 g/mol. The lowest BCUT2D eigenvalue weighted by atomic mass is 9.94. The lowest BCUT2D eigenvalue weighted by Gasteiger charge is -2.27. The molecular weight excluding hydrogens is 202 g/mol. The number of aliphatic hydroxyl groups is 1. The summed E-state index contributed by atoms with van der Waals surface area (Å²) >= 11 is 0. The molecular formula is C13H25NO2. The minimum atomic E-state index is -0.449. The molecule has 1 unspecified atom stereocenters. The van der Waals surface area contributed by atoms with E-state index in [1.54, 1.807) is 0 Å². The smallest absolute Gasteiger partial charge is 0.0771 e. The predicted molar refractivity (Wildman–Crippen MR) is 64.5 cm³/mol. The van der Waals surface area contributed by atoms with E-state index in [2.05, 4.69) is 5.32 Å². The topological polar surface area (TPSA) is 41.5 Å². The van der Waals surface area contributed by atoms with Crippen LogP contribution in [0.1, 0.15) is 51.4 Å². The van der Waals surface area contributed by atoms with Gasteiger partial charge < -0.3 is 15.2 Å². The van der Waals surface area contributed by atoms with Crippen molar-refractivity contribution in [3.05, 3.63) is 0 Å². The Kier molecular flexibility index (Phi) is 4.62. The van der Waals surface area contributed by atoms with E-state index in [1.807, 2.05) is 0 Å². The van der Waals surface area contributed by atoms with Crippen LogP contribution in [0.4, 0.5) is 0 Å². The van der Waals surface area contributed by atoms with Gasteiger partial charge in [0.25, 0.3) is 0 Å². The first-order valence-corrected chi connectivity index (χ1v) is 6.83. The lowest BCUT2D eigenvalue weighted by Crippen LogP contribution is -2.42. The van der Waals surface area contributed by atoms with Crippen molar-refractivity contribution in [2.45, 2.75) is 63.1 Å². The van der Waals surface area contributed by atoms with Gasteiger partial charge in [-0.25, -0.2) is 0 Å². The molecule has 2 aliphatic rings. The molecule has 1 aliphatic carbocycles. The Labute approximate surface area is 98.6 Å². The molecule has 1 atom stereocenters. The van der Waals surface area contributed by atoms with Gasteiger partial charge in [-0.3, -0.25) is 0 Å². The van der Waals surface area contributed by atoms with Crippen molar-refractivity contribution in [1.29, 1.82) is 0 Å². The molecule has 0 bridgehead atoms. The number of hydrogen-bond donors (Lipinski definition) is 2. The molecule has 16 heavy (non-hydrogen) atoms. The summed E-state index contributed by atoms with van der Waals surface area (Å²) in [4.78, 5) is 0. The van der Waals surface area contributed by atoms with Gasteiger partial charge in [0.05, 0.1) is 11.7 Å². The molecule has 0 aromatic rings. The Bertz CT molecular complexity index is 194. The van der Waals surface area contributed by atoms with Crippen molar-refractivity contribution >= 4 is 0 Å². The lowest BCUT2D eigenvalue weighted by molar-refractivity contribution is 0.0210. The minimum absolute atomic E-state index is 0.384. The van der Waals surface area contributed by atoms with Crippen LogP contribution in [0.5, 0.6) is 0 Å². The van der Waals surface area contributed by atoms with E-state index in [-0.39, 0.29) is 0 Å². The second-order valence-electron chi connectivity index (χ2n) is 5.40. The summed E-state index contributed by atoms with van der Waals surface area (Å²) in [5.41, 5.74) is -0.449. The highest BCUT2D eigenvalue weighted by molar-refractivity contribution is 4.83. The van der Waals surface area contributed by atoms with Crippen molar-refractivity contribution < 1.29 is 9.84 Å². The molecule has 3 nitrogen and oxygen atoms in total. The van der Waals surface area contributed by atoms with Crippen LogP contribution in [0.15, 0.2) is 0 Å². The molecule has 1 aliphatic heterocycles. The first-order chi connectivity index (χ1) is 7.79. The predicted octanol–water partition coefficient (Wildman–Crippen LogP) is 1.84. The van der Waals surface area contributed by atoms with Crippen LogP contribution in [0, 0.1) is 0 Å². The molecule has 1 saturated carbocycles. The maximum Gasteiger partial charge on any atom is 0.0771 e. The molecule has 94 valence electrons. The molecule has 1 saturated heterocycles. The second-order valence-corrected chi connectivity index (χ2v) is 5.40. The average molecular weight is 227 g/mol. The maximum atomic E-state index is 10.4. The summed E-state index contributed by atoms with van der Waals surface area (Å²) in [5, 5.41) is 13.8. The molecule has 0 radical (unpaired) electrons. The van der Waals surface area contributed by atoms with Gasteiger partial charge in [0, 0.05) is 19.7 Å². The van der Waals surface area contributed by atoms with E-state index in [4.69, 9.17) is 4.74 Å². The third-order valence-electron chi connectivity index (χ3n) is 3.88. The van der Waals surface area contributed by atoms with Gasteiger partial charge in [0.1, 0.15) is 0 Å². The van der Waals surface area contributed by atoms with Crippen LogP contribution >= 0.6 is 0 Å². The van der Waals surface area contributed by atoms with Crippen LogP contribution in [-0.4, -0.2) is 36.5 Å². The zero-order valence-corrected chi connectivity index (χ0v) is 10.2. The molecule has 2 N–H and O–H groups in total. The highest BCUT2D eigenvalue weighted by Crippen LogP contribution is 2.26. The van der Waals surface area contributed by atoms with Crippen molar-refractivity contribution in [2.75, 3.05) is 19.7 Å². The van der Waals surface area contributed by atoms with Crippen LogP contribution in [-0.2, 0) is 4.74 Å². The van der Waals surface area contributed by atoms with Crippen LogP contribution in [0.25, 0.3) is 0 Å². The SMILES string of the molecule is OC1(CNCC2CCCO2)CCCCCC1. The van der Waals surface area contributed by atoms with Crippen LogP contribution in [0.3, 0.4) is 0 Å². The molecule has 2 fully saturated rings. The van der Waals surface area contributed by atoms with Crippen molar-refractivity contribution in [2.24, 2.45) is 0 Å². The van der Waals surface area contributed by atoms with Crippen molar-refractivity contribution in [3.8, 4) is 0 Å². The van der Waals surface area contributed by atoms with Crippen molar-refractivity contribution in [3.63, 3.8) is 0 Å². The normalized spacial score (nSPS) is 30.2. The van der Waals surface area contributed by atoms with Gasteiger partial charge in [-0.15, -0.1) is 0 Å². The summed E-state index contributed by atoms with van der Waals surface area (Å²) in [7, 11) is 0. The Balaban J connectivity index is 1.66. The van der Waals surface area contributed by atoms with Gasteiger partial charge in [0.15, 0.2) is 0 Å². The summed E-state index contributed by atoms with van der Waals surface area (Å²) in [6, 6.07) is 0. The zero-order valence-electron chi connectivity index (χ0n) is 10.2. The summed E-state index contributed by atoms with van der Waals surface area (Å²) in [6.45, 7) is 2.56. The minimum Gasteiger partial charge on any atom is -0.389 e. The van der Waals surface area contributed by atoms with Gasteiger partial charge in [0.2, 0.25) is 0 Å². The molecule has 0 spiro atoms. The number of rotatable bonds is 4. The van der Waals surface area contributed by atoms with Gasteiger partial charge in [-0.1, -0.05) is 25.7 Å². The third-order valence-corrected chi connectivity index (χ3v) is 3.88. The fourth-order valence-corrected chi connectivity index (χ4v) is 2.83. The van der Waals surface area contributed by atoms with Crippen LogP contribution < -0.4 is 5.32 Å². The molecule has 2 rings (SSSR count). The maximum absolute atomic E-state index is 10.4. The quantitative estimate of drug-likeness (QED) is 0.720. The Morgan fingerprint density at radius 3 is 2.50 bits per heavy atom. The Morgan fingerprint density at radius 2 is 1.88 bits per heavy atom. The highest BCUT2D eigenvalue weighted by Gasteiger charge is 2.27. The van der Waals surface area contributed by atoms with E-state index in [0.29, 0.717) is 6.10 Å². The summed E-state index contributed by atoms with van der Waals surface area (Å²) < 4.78 is 5.56. The van der Waals surface area contributed by atoms with E-state index in [1.165, 1.54) is 38.5 Å².